The molecule has 21 heavy (non-hydrogen) atoms. The van der Waals surface area contributed by atoms with Crippen LogP contribution in [0.3, 0.4) is 0 Å². The van der Waals surface area contributed by atoms with E-state index < -0.39 is 0 Å². The average molecular weight is 289 g/mol. The van der Waals surface area contributed by atoms with Crippen LogP contribution in [0.4, 0.5) is 0 Å². The predicted octanol–water partition coefficient (Wildman–Crippen LogP) is 0.492. The molecule has 2 fully saturated rings. The average Bonchev–Trinajstić information content (AvgIpc) is 2.57. The maximum atomic E-state index is 12.5. The lowest BCUT2D eigenvalue weighted by molar-refractivity contribution is -0.137. The number of carbonyl (C=O) groups is 1. The summed E-state index contributed by atoms with van der Waals surface area (Å²) in [5.41, 5.74) is 1.28. The highest BCUT2D eigenvalue weighted by atomic mass is 16.5. The molecule has 2 saturated heterocycles. The first kappa shape index (κ1) is 14.5. The van der Waals surface area contributed by atoms with E-state index in [2.05, 4.69) is 34.5 Å². The van der Waals surface area contributed by atoms with Crippen LogP contribution in [0.5, 0.6) is 0 Å². The van der Waals surface area contributed by atoms with Crippen molar-refractivity contribution in [2.75, 3.05) is 52.5 Å². The predicted molar refractivity (Wildman–Crippen MR) is 81.0 cm³/mol. The number of benzene rings is 1. The number of ether oxygens (including phenoxy) is 1. The summed E-state index contributed by atoms with van der Waals surface area (Å²) in [5.74, 6) is 0.223. The summed E-state index contributed by atoms with van der Waals surface area (Å²) in [6.45, 7) is 6.03. The highest BCUT2D eigenvalue weighted by Gasteiger charge is 2.27. The lowest BCUT2D eigenvalue weighted by Gasteiger charge is -2.37. The van der Waals surface area contributed by atoms with E-state index in [1.165, 1.54) is 5.56 Å². The second-order valence-electron chi connectivity index (χ2n) is 5.59. The Balaban J connectivity index is 1.65. The Kier molecular flexibility index (Phi) is 4.85. The lowest BCUT2D eigenvalue weighted by Crippen LogP contribution is -2.51. The molecule has 1 N–H and O–H groups in total. The van der Waals surface area contributed by atoms with Crippen molar-refractivity contribution < 1.29 is 9.53 Å². The Labute approximate surface area is 125 Å². The number of rotatable bonds is 3. The maximum Gasteiger partial charge on any atom is 0.236 e. The summed E-state index contributed by atoms with van der Waals surface area (Å²) in [5, 5.41) is 3.43. The number of amides is 1. The molecule has 2 aliphatic heterocycles. The van der Waals surface area contributed by atoms with E-state index in [4.69, 9.17) is 4.74 Å². The quantitative estimate of drug-likeness (QED) is 0.880. The van der Waals surface area contributed by atoms with E-state index >= 15 is 0 Å². The van der Waals surface area contributed by atoms with Crippen LogP contribution < -0.4 is 5.32 Å². The van der Waals surface area contributed by atoms with Gasteiger partial charge in [0.05, 0.1) is 19.8 Å². The van der Waals surface area contributed by atoms with Gasteiger partial charge in [0, 0.05) is 38.8 Å². The van der Waals surface area contributed by atoms with Gasteiger partial charge in [-0.15, -0.1) is 0 Å². The molecule has 114 valence electrons. The van der Waals surface area contributed by atoms with Crippen LogP contribution in [0.25, 0.3) is 0 Å². The van der Waals surface area contributed by atoms with Crippen molar-refractivity contribution in [3.63, 3.8) is 0 Å². The van der Waals surface area contributed by atoms with Gasteiger partial charge in [-0.25, -0.2) is 0 Å². The van der Waals surface area contributed by atoms with Crippen LogP contribution in [0, 0.1) is 0 Å². The molecule has 3 rings (SSSR count). The Morgan fingerprint density at radius 1 is 1.19 bits per heavy atom. The van der Waals surface area contributed by atoms with Crippen LogP contribution in [-0.2, 0) is 9.53 Å². The SMILES string of the molecule is O=C(CN1CCNC[C@H]1c1ccccc1)N1CCOCC1. The van der Waals surface area contributed by atoms with E-state index in [0.29, 0.717) is 19.8 Å². The van der Waals surface area contributed by atoms with E-state index in [9.17, 15) is 4.79 Å². The van der Waals surface area contributed by atoms with Gasteiger partial charge in [-0.05, 0) is 5.56 Å². The Hall–Kier alpha value is -1.43. The van der Waals surface area contributed by atoms with Crippen molar-refractivity contribution in [3.8, 4) is 0 Å². The first-order valence-corrected chi connectivity index (χ1v) is 7.70. The molecule has 2 aliphatic rings. The van der Waals surface area contributed by atoms with Crippen LogP contribution in [0.15, 0.2) is 30.3 Å². The third-order valence-electron chi connectivity index (χ3n) is 4.24. The van der Waals surface area contributed by atoms with Crippen LogP contribution in [-0.4, -0.2) is 68.2 Å². The smallest absolute Gasteiger partial charge is 0.236 e. The minimum atomic E-state index is 0.223. The second kappa shape index (κ2) is 7.02. The second-order valence-corrected chi connectivity index (χ2v) is 5.59. The lowest BCUT2D eigenvalue weighted by atomic mass is 10.0. The van der Waals surface area contributed by atoms with Gasteiger partial charge in [0.2, 0.25) is 5.91 Å². The molecule has 5 nitrogen and oxygen atoms in total. The van der Waals surface area contributed by atoms with Crippen molar-refractivity contribution in [1.29, 1.82) is 0 Å². The summed E-state index contributed by atoms with van der Waals surface area (Å²) in [7, 11) is 0. The zero-order valence-corrected chi connectivity index (χ0v) is 12.3. The minimum Gasteiger partial charge on any atom is -0.378 e. The van der Waals surface area contributed by atoms with Crippen LogP contribution >= 0.6 is 0 Å². The highest BCUT2D eigenvalue weighted by molar-refractivity contribution is 5.78. The summed E-state index contributed by atoms with van der Waals surface area (Å²) in [6.07, 6.45) is 0. The van der Waals surface area contributed by atoms with Gasteiger partial charge in [0.15, 0.2) is 0 Å². The molecule has 1 aromatic carbocycles. The largest absolute Gasteiger partial charge is 0.378 e. The fourth-order valence-electron chi connectivity index (χ4n) is 3.03. The van der Waals surface area contributed by atoms with Gasteiger partial charge in [0.25, 0.3) is 0 Å². The third kappa shape index (κ3) is 3.61. The number of hydrogen-bond donors (Lipinski definition) is 1. The van der Waals surface area contributed by atoms with Crippen molar-refractivity contribution in [2.45, 2.75) is 6.04 Å². The van der Waals surface area contributed by atoms with Gasteiger partial charge >= 0.3 is 0 Å². The van der Waals surface area contributed by atoms with E-state index in [1.54, 1.807) is 0 Å². The van der Waals surface area contributed by atoms with Crippen LogP contribution in [0.2, 0.25) is 0 Å². The molecule has 5 heteroatoms. The normalized spacial score (nSPS) is 24.0. The zero-order valence-electron chi connectivity index (χ0n) is 12.3. The number of piperazine rings is 1. The van der Waals surface area contributed by atoms with Crippen molar-refractivity contribution >= 4 is 5.91 Å². The highest BCUT2D eigenvalue weighted by Crippen LogP contribution is 2.21. The summed E-state index contributed by atoms with van der Waals surface area (Å²) >= 11 is 0. The molecule has 1 atom stereocenters. The molecule has 0 saturated carbocycles. The Morgan fingerprint density at radius 2 is 1.95 bits per heavy atom. The Bertz CT molecular complexity index is 460. The van der Waals surface area contributed by atoms with Crippen molar-refractivity contribution in [2.24, 2.45) is 0 Å². The molecule has 1 amide bonds. The van der Waals surface area contributed by atoms with E-state index in [0.717, 1.165) is 32.7 Å². The van der Waals surface area contributed by atoms with Crippen LogP contribution in [0.1, 0.15) is 11.6 Å². The molecular formula is C16H23N3O2. The molecule has 0 bridgehead atoms. The van der Waals surface area contributed by atoms with Gasteiger partial charge in [-0.1, -0.05) is 30.3 Å². The number of carbonyl (C=O) groups excluding carboxylic acids is 1. The molecule has 0 aliphatic carbocycles. The summed E-state index contributed by atoms with van der Waals surface area (Å²) in [6, 6.07) is 10.7. The monoisotopic (exact) mass is 289 g/mol. The topological polar surface area (TPSA) is 44.8 Å². The molecule has 0 aromatic heterocycles. The minimum absolute atomic E-state index is 0.223. The first-order valence-electron chi connectivity index (χ1n) is 7.70. The van der Waals surface area contributed by atoms with Crippen molar-refractivity contribution in [3.05, 3.63) is 35.9 Å². The molecule has 0 radical (unpaired) electrons. The molecule has 0 unspecified atom stereocenters. The molecular weight excluding hydrogens is 266 g/mol. The third-order valence-corrected chi connectivity index (χ3v) is 4.24. The zero-order chi connectivity index (χ0) is 14.5. The number of nitrogens with zero attached hydrogens (tertiary/aromatic N) is 2. The fraction of sp³-hybridized carbons (Fsp3) is 0.562. The number of morpholine rings is 1. The van der Waals surface area contributed by atoms with Crippen molar-refractivity contribution in [1.82, 2.24) is 15.1 Å². The molecule has 2 heterocycles. The van der Waals surface area contributed by atoms with Gasteiger partial charge in [-0.3, -0.25) is 9.69 Å². The number of nitrogens with one attached hydrogen (secondary N) is 1. The first-order chi connectivity index (χ1) is 10.3. The fourth-order valence-corrected chi connectivity index (χ4v) is 3.03. The van der Waals surface area contributed by atoms with Gasteiger partial charge < -0.3 is 15.0 Å². The summed E-state index contributed by atoms with van der Waals surface area (Å²) < 4.78 is 5.31. The van der Waals surface area contributed by atoms with Gasteiger partial charge in [-0.2, -0.15) is 0 Å². The summed E-state index contributed by atoms with van der Waals surface area (Å²) in [4.78, 5) is 16.7. The standard InChI is InChI=1S/C16H23N3O2/c20-16(18-8-10-21-11-9-18)13-19-7-6-17-12-15(19)14-4-2-1-3-5-14/h1-5,15,17H,6-13H2/t15-/m0/s1. The molecule has 1 aromatic rings. The van der Waals surface area contributed by atoms with E-state index in [1.807, 2.05) is 11.0 Å². The van der Waals surface area contributed by atoms with Gasteiger partial charge in [0.1, 0.15) is 0 Å². The molecule has 0 spiro atoms. The van der Waals surface area contributed by atoms with E-state index in [-0.39, 0.29) is 11.9 Å². The Morgan fingerprint density at radius 3 is 2.71 bits per heavy atom. The maximum absolute atomic E-state index is 12.5. The number of hydrogen-bond acceptors (Lipinski definition) is 4.